The van der Waals surface area contributed by atoms with E-state index in [-0.39, 0.29) is 24.6 Å². The van der Waals surface area contributed by atoms with E-state index in [0.29, 0.717) is 28.8 Å². The van der Waals surface area contributed by atoms with E-state index in [1.54, 1.807) is 12.1 Å². The first-order valence-corrected chi connectivity index (χ1v) is 8.15. The summed E-state index contributed by atoms with van der Waals surface area (Å²) in [6, 6.07) is 6.96. The number of ether oxygens (including phenoxy) is 1. The van der Waals surface area contributed by atoms with Crippen LogP contribution in [0.5, 0.6) is 0 Å². The lowest BCUT2D eigenvalue weighted by Crippen LogP contribution is -2.10. The molecule has 3 aromatic rings. The molecule has 0 radical (unpaired) electrons. The molecule has 0 bridgehead atoms. The van der Waals surface area contributed by atoms with Gasteiger partial charge in [0.25, 0.3) is 0 Å². The first-order chi connectivity index (χ1) is 12.5. The van der Waals surface area contributed by atoms with Gasteiger partial charge in [0.05, 0.1) is 12.3 Å². The summed E-state index contributed by atoms with van der Waals surface area (Å²) in [5.74, 6) is -2.49. The molecule has 1 aromatic carbocycles. The number of esters is 1. The molecule has 142 valence electrons. The largest absolute Gasteiger partial charge is 0.462 e. The standard InChI is InChI=1S/C19H17F2N3O2.ClH/c1-3-8-26-19(25)14-10-22-18-13(6-4-11(2)23-18)17(14)24-12-5-7-15(20)16(21)9-12;/h4-7,9-10H,3,8H2,1-2H3,(H,22,23,24);1H. The Morgan fingerprint density at radius 3 is 2.67 bits per heavy atom. The van der Waals surface area contributed by atoms with Gasteiger partial charge in [-0.05, 0) is 37.6 Å². The van der Waals surface area contributed by atoms with Crippen LogP contribution in [0.1, 0.15) is 29.4 Å². The van der Waals surface area contributed by atoms with Crippen LogP contribution in [-0.2, 0) is 4.74 Å². The molecule has 0 spiro atoms. The highest BCUT2D eigenvalue weighted by Gasteiger charge is 2.18. The van der Waals surface area contributed by atoms with Crippen LogP contribution < -0.4 is 5.32 Å². The van der Waals surface area contributed by atoms with Crippen molar-refractivity contribution in [3.05, 3.63) is 59.4 Å². The Hall–Kier alpha value is -2.80. The fraction of sp³-hybridized carbons (Fsp3) is 0.211. The minimum absolute atomic E-state index is 0. The maximum atomic E-state index is 13.5. The maximum Gasteiger partial charge on any atom is 0.341 e. The lowest BCUT2D eigenvalue weighted by Gasteiger charge is -2.14. The maximum absolute atomic E-state index is 13.5. The van der Waals surface area contributed by atoms with Crippen molar-refractivity contribution >= 4 is 40.8 Å². The number of benzene rings is 1. The second kappa shape index (κ2) is 8.73. The summed E-state index contributed by atoms with van der Waals surface area (Å²) in [6.07, 6.45) is 2.05. The normalized spacial score (nSPS) is 10.4. The SMILES string of the molecule is CCCOC(=O)c1cnc2nc(C)ccc2c1Nc1ccc(F)c(F)c1.Cl. The third kappa shape index (κ3) is 4.49. The lowest BCUT2D eigenvalue weighted by atomic mass is 10.1. The molecule has 8 heteroatoms. The van der Waals surface area contributed by atoms with Gasteiger partial charge in [-0.15, -0.1) is 12.4 Å². The first-order valence-electron chi connectivity index (χ1n) is 8.15. The predicted molar refractivity (Wildman–Crippen MR) is 102 cm³/mol. The number of aromatic nitrogens is 2. The minimum Gasteiger partial charge on any atom is -0.462 e. The fourth-order valence-corrected chi connectivity index (χ4v) is 2.45. The van der Waals surface area contributed by atoms with Crippen LogP contribution in [0.25, 0.3) is 11.0 Å². The van der Waals surface area contributed by atoms with Crippen molar-refractivity contribution < 1.29 is 18.3 Å². The van der Waals surface area contributed by atoms with E-state index in [1.165, 1.54) is 12.3 Å². The van der Waals surface area contributed by atoms with Gasteiger partial charge in [-0.2, -0.15) is 0 Å². The zero-order valence-electron chi connectivity index (χ0n) is 14.8. The smallest absolute Gasteiger partial charge is 0.341 e. The molecule has 0 fully saturated rings. The summed E-state index contributed by atoms with van der Waals surface area (Å²) in [5, 5.41) is 3.55. The Morgan fingerprint density at radius 1 is 1.19 bits per heavy atom. The van der Waals surface area contributed by atoms with Gasteiger partial charge in [-0.3, -0.25) is 0 Å². The molecule has 0 amide bonds. The van der Waals surface area contributed by atoms with Gasteiger partial charge in [-0.25, -0.2) is 23.5 Å². The predicted octanol–water partition coefficient (Wildman–Crippen LogP) is 4.95. The monoisotopic (exact) mass is 393 g/mol. The number of nitrogens with zero attached hydrogens (tertiary/aromatic N) is 2. The molecule has 5 nitrogen and oxygen atoms in total. The van der Waals surface area contributed by atoms with Crippen molar-refractivity contribution in [3.8, 4) is 0 Å². The van der Waals surface area contributed by atoms with Crippen molar-refractivity contribution in [1.82, 2.24) is 9.97 Å². The highest BCUT2D eigenvalue weighted by Crippen LogP contribution is 2.29. The number of rotatable bonds is 5. The summed E-state index contributed by atoms with van der Waals surface area (Å²) < 4.78 is 31.9. The third-order valence-corrected chi connectivity index (χ3v) is 3.72. The van der Waals surface area contributed by atoms with Crippen LogP contribution in [0.2, 0.25) is 0 Å². The fourth-order valence-electron chi connectivity index (χ4n) is 2.45. The number of carbonyl (C=O) groups is 1. The zero-order chi connectivity index (χ0) is 18.7. The summed E-state index contributed by atoms with van der Waals surface area (Å²) in [5.41, 5.74) is 2.07. The van der Waals surface area contributed by atoms with Crippen LogP contribution in [0.4, 0.5) is 20.2 Å². The topological polar surface area (TPSA) is 64.1 Å². The molecule has 27 heavy (non-hydrogen) atoms. The highest BCUT2D eigenvalue weighted by atomic mass is 35.5. The van der Waals surface area contributed by atoms with Crippen molar-refractivity contribution in [2.24, 2.45) is 0 Å². The average molecular weight is 394 g/mol. The van der Waals surface area contributed by atoms with E-state index in [9.17, 15) is 13.6 Å². The number of carbonyl (C=O) groups excluding carboxylic acids is 1. The van der Waals surface area contributed by atoms with E-state index in [0.717, 1.165) is 17.8 Å². The van der Waals surface area contributed by atoms with Gasteiger partial charge in [-0.1, -0.05) is 6.92 Å². The molecule has 0 unspecified atom stereocenters. The third-order valence-electron chi connectivity index (χ3n) is 3.72. The second-order valence-corrected chi connectivity index (χ2v) is 5.76. The minimum atomic E-state index is -0.988. The number of pyridine rings is 2. The molecule has 0 aliphatic rings. The van der Waals surface area contributed by atoms with Gasteiger partial charge in [0.2, 0.25) is 0 Å². The van der Waals surface area contributed by atoms with Gasteiger partial charge < -0.3 is 10.1 Å². The number of fused-ring (bicyclic) bond motifs is 1. The van der Waals surface area contributed by atoms with Crippen molar-refractivity contribution in [2.45, 2.75) is 20.3 Å². The molecule has 0 atom stereocenters. The summed E-state index contributed by atoms with van der Waals surface area (Å²) >= 11 is 0. The number of anilines is 2. The van der Waals surface area contributed by atoms with E-state index in [2.05, 4.69) is 15.3 Å². The molecule has 0 saturated carbocycles. The van der Waals surface area contributed by atoms with Crippen molar-refractivity contribution in [3.63, 3.8) is 0 Å². The van der Waals surface area contributed by atoms with E-state index < -0.39 is 17.6 Å². The van der Waals surface area contributed by atoms with Crippen LogP contribution in [0.3, 0.4) is 0 Å². The molecule has 1 N–H and O–H groups in total. The van der Waals surface area contributed by atoms with Gasteiger partial charge in [0, 0.05) is 29.0 Å². The molecular weight excluding hydrogens is 376 g/mol. The van der Waals surface area contributed by atoms with Crippen molar-refractivity contribution in [1.29, 1.82) is 0 Å². The Labute approximate surface area is 161 Å². The molecular formula is C19H18ClF2N3O2. The summed E-state index contributed by atoms with van der Waals surface area (Å²) in [6.45, 7) is 3.99. The van der Waals surface area contributed by atoms with E-state index >= 15 is 0 Å². The van der Waals surface area contributed by atoms with Crippen LogP contribution in [-0.4, -0.2) is 22.5 Å². The number of nitrogens with one attached hydrogen (secondary N) is 1. The van der Waals surface area contributed by atoms with E-state index in [1.807, 2.05) is 13.8 Å². The van der Waals surface area contributed by atoms with Crippen molar-refractivity contribution in [2.75, 3.05) is 11.9 Å². The highest BCUT2D eigenvalue weighted by molar-refractivity contribution is 6.05. The van der Waals surface area contributed by atoms with E-state index in [4.69, 9.17) is 4.74 Å². The Balaban J connectivity index is 0.00000261. The quantitative estimate of drug-likeness (QED) is 0.621. The summed E-state index contributed by atoms with van der Waals surface area (Å²) in [7, 11) is 0. The van der Waals surface area contributed by atoms with Crippen LogP contribution in [0, 0.1) is 18.6 Å². The number of hydrogen-bond donors (Lipinski definition) is 1. The van der Waals surface area contributed by atoms with Gasteiger partial charge >= 0.3 is 5.97 Å². The molecule has 0 aliphatic heterocycles. The average Bonchev–Trinajstić information content (AvgIpc) is 2.62. The zero-order valence-corrected chi connectivity index (χ0v) is 15.6. The number of halogens is 3. The number of aryl methyl sites for hydroxylation is 1. The number of hydrogen-bond acceptors (Lipinski definition) is 5. The van der Waals surface area contributed by atoms with Crippen LogP contribution in [0.15, 0.2) is 36.5 Å². The molecule has 3 rings (SSSR count). The van der Waals surface area contributed by atoms with Gasteiger partial charge in [0.15, 0.2) is 17.3 Å². The Kier molecular flexibility index (Phi) is 6.63. The molecule has 2 aromatic heterocycles. The lowest BCUT2D eigenvalue weighted by molar-refractivity contribution is 0.0506. The second-order valence-electron chi connectivity index (χ2n) is 5.76. The first kappa shape index (κ1) is 20.5. The van der Waals surface area contributed by atoms with Crippen LogP contribution >= 0.6 is 12.4 Å². The molecule has 0 aliphatic carbocycles. The Bertz CT molecular complexity index is 983. The molecule has 0 saturated heterocycles. The van der Waals surface area contributed by atoms with Gasteiger partial charge in [0.1, 0.15) is 5.56 Å². The Morgan fingerprint density at radius 2 is 1.96 bits per heavy atom. The molecule has 2 heterocycles. The summed E-state index contributed by atoms with van der Waals surface area (Å²) in [4.78, 5) is 20.9.